The van der Waals surface area contributed by atoms with Gasteiger partial charge in [-0.1, -0.05) is 6.92 Å². The molecule has 2 aliphatic rings. The van der Waals surface area contributed by atoms with Gasteiger partial charge in [-0.25, -0.2) is 9.50 Å². The average Bonchev–Trinajstić information content (AvgIpc) is 3.42. The molecule has 0 N–H and O–H groups in total. The summed E-state index contributed by atoms with van der Waals surface area (Å²) in [5.74, 6) is -0.595. The Hall–Kier alpha value is -2.65. The number of likely N-dealkylation sites (tertiary alicyclic amines) is 2. The van der Waals surface area contributed by atoms with Crippen LogP contribution in [0.1, 0.15) is 56.6 Å². The summed E-state index contributed by atoms with van der Waals surface area (Å²) in [7, 11) is 0. The molecule has 31 heavy (non-hydrogen) atoms. The van der Waals surface area contributed by atoms with E-state index in [0.717, 1.165) is 10.6 Å². The Morgan fingerprint density at radius 2 is 2.00 bits per heavy atom. The lowest BCUT2D eigenvalue weighted by Crippen LogP contribution is -2.37. The van der Waals surface area contributed by atoms with Crippen LogP contribution >= 0.6 is 0 Å². The van der Waals surface area contributed by atoms with Gasteiger partial charge in [0.2, 0.25) is 11.8 Å². The van der Waals surface area contributed by atoms with Crippen molar-refractivity contribution in [3.8, 4) is 0 Å². The molecule has 4 heterocycles. The summed E-state index contributed by atoms with van der Waals surface area (Å²) >= 11 is 0. The van der Waals surface area contributed by atoms with Gasteiger partial charge in [0, 0.05) is 49.8 Å². The van der Waals surface area contributed by atoms with Gasteiger partial charge in [0.05, 0.1) is 11.6 Å². The summed E-state index contributed by atoms with van der Waals surface area (Å²) in [6, 6.07) is 2.68. The maximum Gasteiger partial charge on any atom is 0.433 e. The Morgan fingerprint density at radius 1 is 1.26 bits per heavy atom. The minimum atomic E-state index is -4.54. The zero-order valence-electron chi connectivity index (χ0n) is 17.8. The first-order valence-corrected chi connectivity index (χ1v) is 10.6. The quantitative estimate of drug-likeness (QED) is 0.738. The van der Waals surface area contributed by atoms with Crippen LogP contribution in [0.5, 0.6) is 0 Å². The number of halogens is 3. The molecular weight excluding hydrogens is 411 g/mol. The van der Waals surface area contributed by atoms with E-state index in [1.165, 1.54) is 0 Å². The SMILES string of the molecule is CCc1cc(C(F)(F)F)n2nc([C@@H]3CCN(C(=O)[C@@H]4CC(=O)N(C(C)C)C4)C3)cc2n1. The number of alkyl halides is 3. The zero-order chi connectivity index (χ0) is 22.5. The van der Waals surface area contributed by atoms with Crippen molar-refractivity contribution in [1.82, 2.24) is 24.4 Å². The van der Waals surface area contributed by atoms with E-state index in [1.54, 1.807) is 22.8 Å². The van der Waals surface area contributed by atoms with Crippen molar-refractivity contribution in [2.45, 2.75) is 58.2 Å². The van der Waals surface area contributed by atoms with Crippen LogP contribution in [0.15, 0.2) is 12.1 Å². The largest absolute Gasteiger partial charge is 0.433 e. The number of amides is 2. The molecule has 2 aromatic rings. The standard InChI is InChI=1S/C21H26F3N5O2/c1-4-15-8-17(21(22,23)24)29-18(25-15)9-16(26-29)13-5-6-27(10-13)20(31)14-7-19(30)28(11-14)12(2)3/h8-9,12-14H,4-7,10-11H2,1-3H3/t13-,14-/m1/s1. The van der Waals surface area contributed by atoms with E-state index in [2.05, 4.69) is 10.1 Å². The van der Waals surface area contributed by atoms with Gasteiger partial charge in [0.1, 0.15) is 5.69 Å². The average molecular weight is 437 g/mol. The van der Waals surface area contributed by atoms with Gasteiger partial charge in [-0.15, -0.1) is 0 Å². The minimum Gasteiger partial charge on any atom is -0.342 e. The van der Waals surface area contributed by atoms with E-state index in [1.807, 2.05) is 13.8 Å². The summed E-state index contributed by atoms with van der Waals surface area (Å²) < 4.78 is 41.4. The fraction of sp³-hybridized carbons (Fsp3) is 0.619. The number of rotatable bonds is 4. The van der Waals surface area contributed by atoms with E-state index in [-0.39, 0.29) is 41.8 Å². The first-order valence-electron chi connectivity index (χ1n) is 10.6. The molecule has 10 heteroatoms. The molecule has 0 radical (unpaired) electrons. The monoisotopic (exact) mass is 437 g/mol. The number of carbonyl (C=O) groups is 2. The van der Waals surface area contributed by atoms with Crippen LogP contribution in [-0.2, 0) is 22.2 Å². The van der Waals surface area contributed by atoms with E-state index >= 15 is 0 Å². The predicted molar refractivity (Wildman–Crippen MR) is 106 cm³/mol. The van der Waals surface area contributed by atoms with Crippen LogP contribution in [0.4, 0.5) is 13.2 Å². The fourth-order valence-corrected chi connectivity index (χ4v) is 4.48. The highest BCUT2D eigenvalue weighted by Crippen LogP contribution is 2.33. The molecule has 2 fully saturated rings. The predicted octanol–water partition coefficient (Wildman–Crippen LogP) is 2.88. The topological polar surface area (TPSA) is 70.8 Å². The van der Waals surface area contributed by atoms with Crippen molar-refractivity contribution < 1.29 is 22.8 Å². The zero-order valence-corrected chi connectivity index (χ0v) is 17.8. The summed E-state index contributed by atoms with van der Waals surface area (Å²) in [6.45, 7) is 6.91. The summed E-state index contributed by atoms with van der Waals surface area (Å²) in [5.41, 5.74) is 0.188. The molecule has 0 bridgehead atoms. The number of carbonyl (C=O) groups excluding carboxylic acids is 2. The first-order chi connectivity index (χ1) is 14.6. The molecule has 2 saturated heterocycles. The lowest BCUT2D eigenvalue weighted by Gasteiger charge is -2.23. The second-order valence-corrected chi connectivity index (χ2v) is 8.63. The van der Waals surface area contributed by atoms with Crippen LogP contribution < -0.4 is 0 Å². The third kappa shape index (κ3) is 3.99. The first kappa shape index (κ1) is 21.6. The van der Waals surface area contributed by atoms with E-state index in [0.29, 0.717) is 43.9 Å². The molecule has 168 valence electrons. The summed E-state index contributed by atoms with van der Waals surface area (Å²) in [5, 5.41) is 4.21. The van der Waals surface area contributed by atoms with E-state index < -0.39 is 11.9 Å². The second kappa shape index (κ2) is 7.80. The highest BCUT2D eigenvalue weighted by atomic mass is 19.4. The minimum absolute atomic E-state index is 0.0121. The molecule has 2 amide bonds. The maximum atomic E-state index is 13.5. The van der Waals surface area contributed by atoms with Gasteiger partial charge in [0.25, 0.3) is 0 Å². The Morgan fingerprint density at radius 3 is 2.61 bits per heavy atom. The maximum absolute atomic E-state index is 13.5. The molecule has 0 unspecified atom stereocenters. The smallest absolute Gasteiger partial charge is 0.342 e. The molecule has 2 atom stereocenters. The Labute approximate surface area is 178 Å². The van der Waals surface area contributed by atoms with Crippen LogP contribution in [0, 0.1) is 5.92 Å². The number of hydrogen-bond acceptors (Lipinski definition) is 4. The molecule has 0 aromatic carbocycles. The van der Waals surface area contributed by atoms with Crippen LogP contribution in [-0.4, -0.2) is 61.9 Å². The van der Waals surface area contributed by atoms with Gasteiger partial charge in [-0.2, -0.15) is 18.3 Å². The van der Waals surface area contributed by atoms with Crippen molar-refractivity contribution >= 4 is 17.5 Å². The number of hydrogen-bond donors (Lipinski definition) is 0. The fourth-order valence-electron chi connectivity index (χ4n) is 4.48. The van der Waals surface area contributed by atoms with Gasteiger partial charge in [0.15, 0.2) is 5.65 Å². The third-order valence-electron chi connectivity index (χ3n) is 6.20. The summed E-state index contributed by atoms with van der Waals surface area (Å²) in [6.07, 6.45) is -3.32. The molecular formula is C21H26F3N5O2. The number of aryl methyl sites for hydroxylation is 1. The second-order valence-electron chi connectivity index (χ2n) is 8.63. The number of fused-ring (bicyclic) bond motifs is 1. The highest BCUT2D eigenvalue weighted by Gasteiger charge is 2.40. The van der Waals surface area contributed by atoms with Crippen molar-refractivity contribution in [3.05, 3.63) is 29.2 Å². The van der Waals surface area contributed by atoms with E-state index in [9.17, 15) is 22.8 Å². The highest BCUT2D eigenvalue weighted by molar-refractivity contribution is 5.89. The van der Waals surface area contributed by atoms with Gasteiger partial charge >= 0.3 is 6.18 Å². The lowest BCUT2D eigenvalue weighted by atomic mass is 10.1. The van der Waals surface area contributed by atoms with Crippen molar-refractivity contribution in [2.24, 2.45) is 5.92 Å². The third-order valence-corrected chi connectivity index (χ3v) is 6.20. The van der Waals surface area contributed by atoms with Crippen molar-refractivity contribution in [1.29, 1.82) is 0 Å². The van der Waals surface area contributed by atoms with Crippen LogP contribution in [0.3, 0.4) is 0 Å². The Bertz CT molecular complexity index is 1020. The molecule has 4 rings (SSSR count). The molecule has 0 aliphatic carbocycles. The van der Waals surface area contributed by atoms with Crippen molar-refractivity contribution in [3.63, 3.8) is 0 Å². The van der Waals surface area contributed by atoms with Gasteiger partial charge in [-0.05, 0) is 32.8 Å². The number of nitrogens with zero attached hydrogens (tertiary/aromatic N) is 5. The van der Waals surface area contributed by atoms with Gasteiger partial charge in [-0.3, -0.25) is 9.59 Å². The Kier molecular flexibility index (Phi) is 5.43. The van der Waals surface area contributed by atoms with Crippen LogP contribution in [0.2, 0.25) is 0 Å². The van der Waals surface area contributed by atoms with Gasteiger partial charge < -0.3 is 9.80 Å². The molecule has 2 aliphatic heterocycles. The lowest BCUT2D eigenvalue weighted by molar-refractivity contribution is -0.142. The Balaban J connectivity index is 1.53. The summed E-state index contributed by atoms with van der Waals surface area (Å²) in [4.78, 5) is 32.8. The van der Waals surface area contributed by atoms with Crippen molar-refractivity contribution in [2.75, 3.05) is 19.6 Å². The van der Waals surface area contributed by atoms with Crippen LogP contribution in [0.25, 0.3) is 5.65 Å². The molecule has 2 aromatic heterocycles. The molecule has 0 saturated carbocycles. The number of aromatic nitrogens is 3. The molecule has 0 spiro atoms. The molecule has 7 nitrogen and oxygen atoms in total. The van der Waals surface area contributed by atoms with E-state index in [4.69, 9.17) is 0 Å². The normalized spacial score (nSPS) is 22.4.